The molecule has 0 spiro atoms. The van der Waals surface area contributed by atoms with Crippen LogP contribution in [0.4, 0.5) is 13.2 Å². The number of aryl methyl sites for hydroxylation is 1. The fraction of sp³-hybridized carbons (Fsp3) is 0.300. The fourth-order valence-corrected chi connectivity index (χ4v) is 1.52. The molecule has 0 aliphatic heterocycles. The largest absolute Gasteiger partial charge is 0.573 e. The van der Waals surface area contributed by atoms with Crippen LogP contribution >= 0.6 is 11.6 Å². The number of Topliss-reactive ketones (excluding diaryl/α,β-unsaturated/α-hetero) is 1. The first-order valence-electron chi connectivity index (χ1n) is 4.27. The fourth-order valence-electron chi connectivity index (χ4n) is 1.24. The van der Waals surface area contributed by atoms with Gasteiger partial charge in [-0.1, -0.05) is 11.6 Å². The van der Waals surface area contributed by atoms with E-state index >= 15 is 0 Å². The minimum absolute atomic E-state index is 0.162. The van der Waals surface area contributed by atoms with Crippen molar-refractivity contribution in [1.29, 1.82) is 0 Å². The summed E-state index contributed by atoms with van der Waals surface area (Å²) in [6.45, 7) is 2.54. The van der Waals surface area contributed by atoms with Crippen molar-refractivity contribution in [2.45, 2.75) is 20.2 Å². The van der Waals surface area contributed by atoms with E-state index in [1.807, 2.05) is 0 Å². The zero-order chi connectivity index (χ0) is 12.5. The molecule has 1 aromatic rings. The van der Waals surface area contributed by atoms with E-state index in [1.165, 1.54) is 13.0 Å². The van der Waals surface area contributed by atoms with Gasteiger partial charge in [0.05, 0.1) is 5.56 Å². The molecule has 0 aromatic heterocycles. The quantitative estimate of drug-likeness (QED) is 0.750. The summed E-state index contributed by atoms with van der Waals surface area (Å²) in [7, 11) is 0. The van der Waals surface area contributed by atoms with E-state index in [9.17, 15) is 18.0 Å². The number of benzene rings is 1. The molecule has 6 heteroatoms. The topological polar surface area (TPSA) is 26.3 Å². The maximum atomic E-state index is 12.1. The van der Waals surface area contributed by atoms with Crippen LogP contribution in [0.5, 0.6) is 5.75 Å². The third-order valence-corrected chi connectivity index (χ3v) is 2.05. The lowest BCUT2D eigenvalue weighted by molar-refractivity contribution is -0.274. The minimum Gasteiger partial charge on any atom is -0.405 e. The first-order valence-corrected chi connectivity index (χ1v) is 4.65. The number of alkyl halides is 3. The van der Waals surface area contributed by atoms with Crippen LogP contribution in [0, 0.1) is 6.92 Å². The van der Waals surface area contributed by atoms with Gasteiger partial charge in [-0.3, -0.25) is 4.79 Å². The maximum absolute atomic E-state index is 12.1. The van der Waals surface area contributed by atoms with Gasteiger partial charge in [-0.05, 0) is 31.5 Å². The van der Waals surface area contributed by atoms with Crippen LogP contribution in [0.15, 0.2) is 12.1 Å². The summed E-state index contributed by atoms with van der Waals surface area (Å²) in [5, 5.41) is 0.192. The second kappa shape index (κ2) is 4.33. The number of carbonyl (C=O) groups is 1. The number of ether oxygens (including phenoxy) is 1. The summed E-state index contributed by atoms with van der Waals surface area (Å²) in [4.78, 5) is 11.2. The predicted octanol–water partition coefficient (Wildman–Crippen LogP) is 3.75. The molecule has 0 N–H and O–H groups in total. The van der Waals surface area contributed by atoms with E-state index in [4.69, 9.17) is 11.6 Å². The van der Waals surface area contributed by atoms with Gasteiger partial charge in [0.2, 0.25) is 0 Å². The van der Waals surface area contributed by atoms with Gasteiger partial charge in [0.25, 0.3) is 0 Å². The van der Waals surface area contributed by atoms with E-state index in [2.05, 4.69) is 4.74 Å². The van der Waals surface area contributed by atoms with Crippen LogP contribution in [0.3, 0.4) is 0 Å². The molecular formula is C10H8ClF3O2. The first-order chi connectivity index (χ1) is 7.20. The molecule has 0 saturated heterocycles. The summed E-state index contributed by atoms with van der Waals surface area (Å²) in [6.07, 6.45) is -4.83. The molecule has 0 unspecified atom stereocenters. The number of hydrogen-bond donors (Lipinski definition) is 0. The Morgan fingerprint density at radius 1 is 1.38 bits per heavy atom. The lowest BCUT2D eigenvalue weighted by atomic mass is 10.1. The number of carbonyl (C=O) groups excluding carboxylic acids is 1. The van der Waals surface area contributed by atoms with E-state index in [0.29, 0.717) is 0 Å². The van der Waals surface area contributed by atoms with Crippen LogP contribution < -0.4 is 4.74 Å². The van der Waals surface area contributed by atoms with E-state index in [-0.39, 0.29) is 16.1 Å². The Morgan fingerprint density at radius 3 is 2.38 bits per heavy atom. The van der Waals surface area contributed by atoms with E-state index in [1.54, 1.807) is 0 Å². The van der Waals surface area contributed by atoms with Gasteiger partial charge in [0, 0.05) is 5.02 Å². The summed E-state index contributed by atoms with van der Waals surface area (Å²) >= 11 is 5.65. The molecule has 1 rings (SSSR count). The van der Waals surface area contributed by atoms with Gasteiger partial charge in [-0.25, -0.2) is 0 Å². The van der Waals surface area contributed by atoms with Crippen molar-refractivity contribution in [3.8, 4) is 5.75 Å². The molecule has 16 heavy (non-hydrogen) atoms. The average molecular weight is 253 g/mol. The highest BCUT2D eigenvalue weighted by atomic mass is 35.5. The van der Waals surface area contributed by atoms with Crippen molar-refractivity contribution in [2.24, 2.45) is 0 Å². The minimum atomic E-state index is -4.83. The molecule has 0 aliphatic rings. The van der Waals surface area contributed by atoms with Gasteiger partial charge >= 0.3 is 6.36 Å². The highest BCUT2D eigenvalue weighted by molar-refractivity contribution is 6.31. The van der Waals surface area contributed by atoms with E-state index in [0.717, 1.165) is 13.0 Å². The maximum Gasteiger partial charge on any atom is 0.573 e. The Labute approximate surface area is 95.0 Å². The third kappa shape index (κ3) is 3.13. The summed E-state index contributed by atoms with van der Waals surface area (Å²) in [5.74, 6) is -1.03. The Hall–Kier alpha value is -1.23. The summed E-state index contributed by atoms with van der Waals surface area (Å²) < 4.78 is 40.1. The van der Waals surface area contributed by atoms with Crippen LogP contribution in [0.2, 0.25) is 5.02 Å². The second-order valence-corrected chi connectivity index (χ2v) is 3.64. The summed E-state index contributed by atoms with van der Waals surface area (Å²) in [6, 6.07) is 2.45. The lowest BCUT2D eigenvalue weighted by Crippen LogP contribution is -2.19. The molecule has 0 radical (unpaired) electrons. The molecule has 2 nitrogen and oxygen atoms in total. The summed E-state index contributed by atoms with van der Waals surface area (Å²) in [5.41, 5.74) is -0.0163. The molecule has 0 bridgehead atoms. The predicted molar refractivity (Wildman–Crippen MR) is 52.9 cm³/mol. The molecule has 0 atom stereocenters. The van der Waals surface area contributed by atoms with E-state index < -0.39 is 17.9 Å². The standard InChI is InChI=1S/C10H8ClF3O2/c1-5-3-7(11)4-8(6(2)15)9(5)16-10(12,13)14/h3-4H,1-2H3. The molecule has 0 amide bonds. The van der Waals surface area contributed by atoms with Crippen LogP contribution in [-0.4, -0.2) is 12.1 Å². The monoisotopic (exact) mass is 252 g/mol. The number of rotatable bonds is 2. The SMILES string of the molecule is CC(=O)c1cc(Cl)cc(C)c1OC(F)(F)F. The van der Waals surface area contributed by atoms with Gasteiger partial charge in [-0.15, -0.1) is 13.2 Å². The Balaban J connectivity index is 3.30. The number of hydrogen-bond acceptors (Lipinski definition) is 2. The first kappa shape index (κ1) is 12.8. The molecule has 0 heterocycles. The van der Waals surface area contributed by atoms with Gasteiger partial charge in [-0.2, -0.15) is 0 Å². The van der Waals surface area contributed by atoms with Crippen molar-refractivity contribution < 1.29 is 22.7 Å². The third-order valence-electron chi connectivity index (χ3n) is 1.84. The highest BCUT2D eigenvalue weighted by Crippen LogP contribution is 2.32. The Morgan fingerprint density at radius 2 is 1.94 bits per heavy atom. The van der Waals surface area contributed by atoms with Crippen LogP contribution in [0.1, 0.15) is 22.8 Å². The average Bonchev–Trinajstić information content (AvgIpc) is 2.07. The highest BCUT2D eigenvalue weighted by Gasteiger charge is 2.33. The zero-order valence-electron chi connectivity index (χ0n) is 8.48. The van der Waals surface area contributed by atoms with Crippen LogP contribution in [0.25, 0.3) is 0 Å². The Kier molecular flexibility index (Phi) is 3.48. The van der Waals surface area contributed by atoms with Gasteiger partial charge in [0.15, 0.2) is 5.78 Å². The molecule has 0 fully saturated rings. The van der Waals surface area contributed by atoms with Crippen molar-refractivity contribution in [1.82, 2.24) is 0 Å². The molecule has 1 aromatic carbocycles. The molecule has 0 aliphatic carbocycles. The van der Waals surface area contributed by atoms with Crippen molar-refractivity contribution in [2.75, 3.05) is 0 Å². The molecule has 0 saturated carbocycles. The lowest BCUT2D eigenvalue weighted by Gasteiger charge is -2.14. The Bertz CT molecular complexity index is 427. The normalized spacial score (nSPS) is 11.4. The molecule has 88 valence electrons. The zero-order valence-corrected chi connectivity index (χ0v) is 9.24. The van der Waals surface area contributed by atoms with Crippen molar-refractivity contribution in [3.05, 3.63) is 28.3 Å². The second-order valence-electron chi connectivity index (χ2n) is 3.20. The number of ketones is 1. The number of halogens is 4. The van der Waals surface area contributed by atoms with Gasteiger partial charge in [0.1, 0.15) is 5.75 Å². The smallest absolute Gasteiger partial charge is 0.405 e. The van der Waals surface area contributed by atoms with Gasteiger partial charge < -0.3 is 4.74 Å². The molecular weight excluding hydrogens is 245 g/mol. The van der Waals surface area contributed by atoms with Crippen molar-refractivity contribution >= 4 is 17.4 Å². The van der Waals surface area contributed by atoms with Crippen molar-refractivity contribution in [3.63, 3.8) is 0 Å². The van der Waals surface area contributed by atoms with Crippen LogP contribution in [-0.2, 0) is 0 Å².